The van der Waals surface area contributed by atoms with Crippen LogP contribution in [0.3, 0.4) is 0 Å². The highest BCUT2D eigenvalue weighted by Crippen LogP contribution is 2.20. The molecule has 0 bridgehead atoms. The van der Waals surface area contributed by atoms with Gasteiger partial charge in [-0.05, 0) is 36.7 Å². The van der Waals surface area contributed by atoms with Crippen LogP contribution in [0.15, 0.2) is 24.3 Å². The van der Waals surface area contributed by atoms with E-state index >= 15 is 0 Å². The lowest BCUT2D eigenvalue weighted by atomic mass is 9.88. The average molecular weight is 316 g/mol. The van der Waals surface area contributed by atoms with E-state index in [1.54, 1.807) is 12.1 Å². The summed E-state index contributed by atoms with van der Waals surface area (Å²) < 4.78 is 41.0. The van der Waals surface area contributed by atoms with Gasteiger partial charge < -0.3 is 15.4 Å². The summed E-state index contributed by atoms with van der Waals surface area (Å²) in [5.41, 5.74) is 0.701. The summed E-state index contributed by atoms with van der Waals surface area (Å²) in [7, 11) is 0. The zero-order chi connectivity index (χ0) is 16.2. The third-order valence-corrected chi connectivity index (χ3v) is 3.70. The van der Waals surface area contributed by atoms with Crippen LogP contribution >= 0.6 is 0 Å². The second kappa shape index (κ2) is 7.00. The van der Waals surface area contributed by atoms with Gasteiger partial charge in [-0.2, -0.15) is 13.2 Å². The van der Waals surface area contributed by atoms with Gasteiger partial charge in [0, 0.05) is 12.5 Å². The van der Waals surface area contributed by atoms with Gasteiger partial charge in [-0.25, -0.2) is 0 Å². The molecule has 22 heavy (non-hydrogen) atoms. The SMILES string of the molecule is CC(C(=O)NCc1cccc(OCC(F)(F)F)c1)C1CNC1. The molecular formula is C15H19F3N2O2. The van der Waals surface area contributed by atoms with Gasteiger partial charge in [-0.15, -0.1) is 0 Å². The van der Waals surface area contributed by atoms with Crippen molar-refractivity contribution in [2.75, 3.05) is 19.7 Å². The minimum absolute atomic E-state index is 0.0480. The van der Waals surface area contributed by atoms with E-state index in [0.29, 0.717) is 11.5 Å². The topological polar surface area (TPSA) is 50.4 Å². The fourth-order valence-electron chi connectivity index (χ4n) is 2.14. The molecule has 1 saturated heterocycles. The van der Waals surface area contributed by atoms with Crippen molar-refractivity contribution in [1.82, 2.24) is 10.6 Å². The molecule has 1 aliphatic rings. The highest BCUT2D eigenvalue weighted by Gasteiger charge is 2.29. The van der Waals surface area contributed by atoms with Crippen LogP contribution in [0.5, 0.6) is 5.75 Å². The van der Waals surface area contributed by atoms with Crippen molar-refractivity contribution in [1.29, 1.82) is 0 Å². The van der Waals surface area contributed by atoms with Gasteiger partial charge in [0.15, 0.2) is 6.61 Å². The number of hydrogen-bond donors (Lipinski definition) is 2. The van der Waals surface area contributed by atoms with Crippen LogP contribution in [0.2, 0.25) is 0 Å². The molecule has 0 aliphatic carbocycles. The Balaban J connectivity index is 1.83. The van der Waals surface area contributed by atoms with Gasteiger partial charge >= 0.3 is 6.18 Å². The molecule has 7 heteroatoms. The molecule has 1 fully saturated rings. The second-order valence-electron chi connectivity index (χ2n) is 5.48. The van der Waals surface area contributed by atoms with E-state index in [1.165, 1.54) is 12.1 Å². The number of alkyl halides is 3. The Labute approximate surface area is 127 Å². The lowest BCUT2D eigenvalue weighted by Gasteiger charge is -2.31. The molecule has 2 rings (SSSR count). The molecule has 0 radical (unpaired) electrons. The summed E-state index contributed by atoms with van der Waals surface area (Å²) in [6, 6.07) is 6.30. The van der Waals surface area contributed by atoms with Crippen molar-refractivity contribution in [3.63, 3.8) is 0 Å². The van der Waals surface area contributed by atoms with Crippen molar-refractivity contribution in [3.05, 3.63) is 29.8 Å². The molecular weight excluding hydrogens is 297 g/mol. The first-order chi connectivity index (χ1) is 10.3. The van der Waals surface area contributed by atoms with Crippen LogP contribution in [0.25, 0.3) is 0 Å². The molecule has 1 heterocycles. The van der Waals surface area contributed by atoms with Crippen molar-refractivity contribution >= 4 is 5.91 Å². The molecule has 1 amide bonds. The third-order valence-electron chi connectivity index (χ3n) is 3.70. The number of ether oxygens (including phenoxy) is 1. The Morgan fingerprint density at radius 3 is 2.77 bits per heavy atom. The standard InChI is InChI=1S/C15H19F3N2O2/c1-10(12-7-19-8-12)14(21)20-6-11-3-2-4-13(5-11)22-9-15(16,17)18/h2-5,10,12,19H,6-9H2,1H3,(H,20,21). The van der Waals surface area contributed by atoms with Gasteiger partial charge in [0.05, 0.1) is 0 Å². The highest BCUT2D eigenvalue weighted by molar-refractivity contribution is 5.78. The second-order valence-corrected chi connectivity index (χ2v) is 5.48. The van der Waals surface area contributed by atoms with Gasteiger partial charge in [-0.1, -0.05) is 19.1 Å². The number of rotatable bonds is 6. The maximum Gasteiger partial charge on any atom is 0.422 e. The Kier molecular flexibility index (Phi) is 5.28. The minimum Gasteiger partial charge on any atom is -0.484 e. The van der Waals surface area contributed by atoms with E-state index < -0.39 is 12.8 Å². The first-order valence-electron chi connectivity index (χ1n) is 7.12. The minimum atomic E-state index is -4.36. The van der Waals surface area contributed by atoms with E-state index in [2.05, 4.69) is 15.4 Å². The van der Waals surface area contributed by atoms with Gasteiger partial charge in [0.1, 0.15) is 5.75 Å². The number of hydrogen-bond acceptors (Lipinski definition) is 3. The predicted molar refractivity (Wildman–Crippen MR) is 75.4 cm³/mol. The maximum absolute atomic E-state index is 12.1. The maximum atomic E-state index is 12.1. The number of carbonyl (C=O) groups excluding carboxylic acids is 1. The van der Waals surface area contributed by atoms with Gasteiger partial charge in [-0.3, -0.25) is 4.79 Å². The molecule has 0 saturated carbocycles. The van der Waals surface area contributed by atoms with Crippen molar-refractivity contribution in [2.45, 2.75) is 19.6 Å². The quantitative estimate of drug-likeness (QED) is 0.845. The largest absolute Gasteiger partial charge is 0.484 e. The average Bonchev–Trinajstić information content (AvgIpc) is 2.40. The summed E-state index contributed by atoms with van der Waals surface area (Å²) in [5.74, 6) is 0.362. The van der Waals surface area contributed by atoms with Crippen LogP contribution < -0.4 is 15.4 Å². The van der Waals surface area contributed by atoms with Gasteiger partial charge in [0.25, 0.3) is 0 Å². The number of amides is 1. The number of halogens is 3. The van der Waals surface area contributed by atoms with Gasteiger partial charge in [0.2, 0.25) is 5.91 Å². The zero-order valence-electron chi connectivity index (χ0n) is 12.2. The third kappa shape index (κ3) is 4.91. The van der Waals surface area contributed by atoms with Crippen LogP contribution in [0, 0.1) is 11.8 Å². The Morgan fingerprint density at radius 2 is 2.18 bits per heavy atom. The van der Waals surface area contributed by atoms with Crippen molar-refractivity contribution in [2.24, 2.45) is 11.8 Å². The van der Waals surface area contributed by atoms with E-state index in [0.717, 1.165) is 13.1 Å². The van der Waals surface area contributed by atoms with E-state index in [-0.39, 0.29) is 24.1 Å². The highest BCUT2D eigenvalue weighted by atomic mass is 19.4. The van der Waals surface area contributed by atoms with Crippen molar-refractivity contribution in [3.8, 4) is 5.75 Å². The van der Waals surface area contributed by atoms with Crippen LogP contribution in [0.4, 0.5) is 13.2 Å². The predicted octanol–water partition coefficient (Wildman–Crippen LogP) is 2.10. The van der Waals surface area contributed by atoms with E-state index in [9.17, 15) is 18.0 Å². The molecule has 0 aromatic heterocycles. The molecule has 1 aromatic rings. The Bertz CT molecular complexity index is 516. The molecule has 2 N–H and O–H groups in total. The molecule has 0 spiro atoms. The zero-order valence-corrected chi connectivity index (χ0v) is 12.2. The summed E-state index contributed by atoms with van der Waals surface area (Å²) in [4.78, 5) is 12.0. The summed E-state index contributed by atoms with van der Waals surface area (Å²) >= 11 is 0. The molecule has 122 valence electrons. The lowest BCUT2D eigenvalue weighted by molar-refractivity contribution is -0.153. The number of nitrogens with one attached hydrogen (secondary N) is 2. The fraction of sp³-hybridized carbons (Fsp3) is 0.533. The van der Waals surface area contributed by atoms with Crippen molar-refractivity contribution < 1.29 is 22.7 Å². The monoisotopic (exact) mass is 316 g/mol. The molecule has 1 atom stereocenters. The summed E-state index contributed by atoms with van der Waals surface area (Å²) in [6.07, 6.45) is -4.36. The van der Waals surface area contributed by atoms with Crippen LogP contribution in [-0.2, 0) is 11.3 Å². The Hall–Kier alpha value is -1.76. The molecule has 4 nitrogen and oxygen atoms in total. The first kappa shape index (κ1) is 16.6. The summed E-state index contributed by atoms with van der Waals surface area (Å²) in [5, 5.41) is 5.92. The van der Waals surface area contributed by atoms with Crippen LogP contribution in [0.1, 0.15) is 12.5 Å². The van der Waals surface area contributed by atoms with E-state index in [4.69, 9.17) is 0 Å². The molecule has 1 unspecified atom stereocenters. The van der Waals surface area contributed by atoms with Crippen LogP contribution in [-0.4, -0.2) is 31.8 Å². The lowest BCUT2D eigenvalue weighted by Crippen LogP contribution is -2.49. The Morgan fingerprint density at radius 1 is 1.45 bits per heavy atom. The van der Waals surface area contributed by atoms with E-state index in [1.807, 2.05) is 6.92 Å². The summed E-state index contributed by atoms with van der Waals surface area (Å²) in [6.45, 7) is 2.51. The fourth-order valence-corrected chi connectivity index (χ4v) is 2.14. The number of carbonyl (C=O) groups is 1. The molecule has 1 aliphatic heterocycles. The smallest absolute Gasteiger partial charge is 0.422 e. The number of benzene rings is 1. The normalized spacial score (nSPS) is 16.7. The first-order valence-corrected chi connectivity index (χ1v) is 7.12. The molecule has 1 aromatic carbocycles.